The van der Waals surface area contributed by atoms with E-state index in [1.54, 1.807) is 0 Å². The zero-order valence-electron chi connectivity index (χ0n) is 37.3. The van der Waals surface area contributed by atoms with Crippen molar-refractivity contribution in [3.05, 3.63) is 122 Å². The average molecular weight is 801 g/mol. The molecule has 5 heteroatoms. The zero-order chi connectivity index (χ0) is 42.1. The monoisotopic (exact) mass is 801 g/mol. The van der Waals surface area contributed by atoms with E-state index in [-0.39, 0.29) is 25.2 Å². The van der Waals surface area contributed by atoms with Crippen LogP contribution < -0.4 is 0 Å². The van der Waals surface area contributed by atoms with Gasteiger partial charge in [0.05, 0.1) is 6.61 Å². The molecule has 58 heavy (non-hydrogen) atoms. The van der Waals surface area contributed by atoms with Crippen LogP contribution in [0.25, 0.3) is 0 Å². The molecule has 0 aliphatic rings. The number of allylic oxidation sites excluding steroid dienone is 20. The Hall–Kier alpha value is -3.70. The lowest BCUT2D eigenvalue weighted by Gasteiger charge is -2.18. The molecule has 0 bridgehead atoms. The lowest BCUT2D eigenvalue weighted by Crippen LogP contribution is -2.30. The number of unbranched alkanes of at least 4 members (excludes halogenated alkanes) is 9. The van der Waals surface area contributed by atoms with Crippen LogP contribution in [0.2, 0.25) is 0 Å². The van der Waals surface area contributed by atoms with Crippen LogP contribution in [0.1, 0.15) is 175 Å². The highest BCUT2D eigenvalue weighted by Crippen LogP contribution is 2.11. The van der Waals surface area contributed by atoms with Gasteiger partial charge in [0.25, 0.3) is 0 Å². The van der Waals surface area contributed by atoms with E-state index in [9.17, 15) is 9.59 Å². The molecule has 1 atom stereocenters. The number of carbonyl (C=O) groups is 2. The van der Waals surface area contributed by atoms with Crippen LogP contribution >= 0.6 is 0 Å². The van der Waals surface area contributed by atoms with Gasteiger partial charge in [-0.2, -0.15) is 0 Å². The molecular formula is C53H84O5. The van der Waals surface area contributed by atoms with E-state index < -0.39 is 6.10 Å². The molecule has 0 aromatic heterocycles. The summed E-state index contributed by atoms with van der Waals surface area (Å²) in [6.07, 6.45) is 66.4. The van der Waals surface area contributed by atoms with E-state index in [0.717, 1.165) is 109 Å². The highest BCUT2D eigenvalue weighted by molar-refractivity contribution is 5.70. The van der Waals surface area contributed by atoms with Crippen molar-refractivity contribution in [1.29, 1.82) is 0 Å². The molecule has 0 aliphatic heterocycles. The summed E-state index contributed by atoms with van der Waals surface area (Å²) in [6.45, 7) is 7.32. The second-order valence-corrected chi connectivity index (χ2v) is 14.5. The van der Waals surface area contributed by atoms with Crippen LogP contribution in [-0.4, -0.2) is 37.9 Å². The van der Waals surface area contributed by atoms with E-state index in [2.05, 4.69) is 142 Å². The minimum absolute atomic E-state index is 0.0227. The number of ether oxygens (including phenoxy) is 3. The first-order valence-electron chi connectivity index (χ1n) is 23.1. The van der Waals surface area contributed by atoms with Gasteiger partial charge in [-0.25, -0.2) is 0 Å². The average Bonchev–Trinajstić information content (AvgIpc) is 3.22. The number of hydrogen-bond acceptors (Lipinski definition) is 5. The molecule has 0 radical (unpaired) electrons. The molecule has 0 amide bonds. The van der Waals surface area contributed by atoms with Gasteiger partial charge in [0, 0.05) is 19.4 Å². The molecule has 0 aromatic rings. The minimum atomic E-state index is -0.598. The van der Waals surface area contributed by atoms with Gasteiger partial charge in [-0.3, -0.25) is 9.59 Å². The first kappa shape index (κ1) is 54.3. The summed E-state index contributed by atoms with van der Waals surface area (Å²) in [4.78, 5) is 25.2. The molecule has 326 valence electrons. The number of carbonyl (C=O) groups excluding carboxylic acids is 2. The maximum Gasteiger partial charge on any atom is 0.306 e. The lowest BCUT2D eigenvalue weighted by molar-refractivity contribution is -0.162. The smallest absolute Gasteiger partial charge is 0.306 e. The van der Waals surface area contributed by atoms with E-state index in [4.69, 9.17) is 14.2 Å². The van der Waals surface area contributed by atoms with Gasteiger partial charge in [-0.15, -0.1) is 0 Å². The third-order valence-electron chi connectivity index (χ3n) is 8.96. The molecule has 0 heterocycles. The van der Waals surface area contributed by atoms with Crippen molar-refractivity contribution in [2.45, 2.75) is 181 Å². The summed E-state index contributed by atoms with van der Waals surface area (Å²) in [6, 6.07) is 0. The molecule has 0 aromatic carbocycles. The summed E-state index contributed by atoms with van der Waals surface area (Å²) in [5.74, 6) is -0.519. The van der Waals surface area contributed by atoms with E-state index in [1.807, 2.05) is 0 Å². The topological polar surface area (TPSA) is 61.8 Å². The standard InChI is InChI=1S/C53H84O5/c1-4-7-10-13-16-19-22-24-26-27-28-29-32-34-37-40-43-46-52(54)57-50-51(58-53(55)47-44-41-38-35-31-21-18-15-12-9-6-3)49-56-48-45-42-39-36-33-30-25-23-20-17-14-11-8-5-2/h7-8,10-11,15-20,24-26,28-30,34,36-37,39,51H,4-6,9,12-14,21-23,27,31-33,35,38,40-50H2,1-3H3/b10-7-,11-8-,18-15-,19-16-,20-17-,26-24-,29-28-,30-25-,37-34-,39-36-. The second-order valence-electron chi connectivity index (χ2n) is 14.5. The molecule has 0 spiro atoms. The largest absolute Gasteiger partial charge is 0.462 e. The highest BCUT2D eigenvalue weighted by atomic mass is 16.6. The van der Waals surface area contributed by atoms with Gasteiger partial charge in [-0.1, -0.05) is 174 Å². The number of esters is 2. The number of rotatable bonds is 40. The summed E-state index contributed by atoms with van der Waals surface area (Å²) in [5.41, 5.74) is 0. The summed E-state index contributed by atoms with van der Waals surface area (Å²) in [7, 11) is 0. The Bertz CT molecular complexity index is 1220. The first-order chi connectivity index (χ1) is 28.6. The number of hydrogen-bond donors (Lipinski definition) is 0. The summed E-state index contributed by atoms with van der Waals surface area (Å²) < 4.78 is 17.2. The molecule has 0 saturated heterocycles. The van der Waals surface area contributed by atoms with Crippen molar-refractivity contribution in [1.82, 2.24) is 0 Å². The first-order valence-corrected chi connectivity index (χ1v) is 23.1. The molecule has 0 saturated carbocycles. The minimum Gasteiger partial charge on any atom is -0.462 e. The molecule has 5 nitrogen and oxygen atoms in total. The predicted molar refractivity (Wildman–Crippen MR) is 251 cm³/mol. The van der Waals surface area contributed by atoms with Gasteiger partial charge in [0.15, 0.2) is 6.10 Å². The molecule has 1 unspecified atom stereocenters. The van der Waals surface area contributed by atoms with E-state index in [0.29, 0.717) is 19.4 Å². The summed E-state index contributed by atoms with van der Waals surface area (Å²) >= 11 is 0. The molecule has 0 fully saturated rings. The highest BCUT2D eigenvalue weighted by Gasteiger charge is 2.17. The van der Waals surface area contributed by atoms with E-state index >= 15 is 0 Å². The molecule has 0 aliphatic carbocycles. The SMILES string of the molecule is CC/C=C\C/C=C\C/C=C\C/C=C\C/C=C\CCCC(=O)OCC(COCCC/C=C\C/C=C\C/C=C\C/C=C\CC)OC(=O)CCCCCCC/C=C\CCCC. The van der Waals surface area contributed by atoms with Crippen LogP contribution in [0.5, 0.6) is 0 Å². The zero-order valence-corrected chi connectivity index (χ0v) is 37.3. The lowest BCUT2D eigenvalue weighted by atomic mass is 10.1. The van der Waals surface area contributed by atoms with Crippen molar-refractivity contribution in [3.8, 4) is 0 Å². The van der Waals surface area contributed by atoms with Crippen molar-refractivity contribution in [2.75, 3.05) is 19.8 Å². The second kappa shape index (κ2) is 47.7. The van der Waals surface area contributed by atoms with Gasteiger partial charge < -0.3 is 14.2 Å². The molecular weight excluding hydrogens is 717 g/mol. The summed E-state index contributed by atoms with van der Waals surface area (Å²) in [5, 5.41) is 0. The fourth-order valence-corrected chi connectivity index (χ4v) is 5.59. The Kier molecular flexibility index (Phi) is 44.6. The third-order valence-corrected chi connectivity index (χ3v) is 8.96. The van der Waals surface area contributed by atoms with Crippen molar-refractivity contribution in [2.24, 2.45) is 0 Å². The predicted octanol–water partition coefficient (Wildman–Crippen LogP) is 15.4. The maximum atomic E-state index is 12.7. The maximum absolute atomic E-state index is 12.7. The fraction of sp³-hybridized carbons (Fsp3) is 0.585. The van der Waals surface area contributed by atoms with E-state index in [1.165, 1.54) is 32.1 Å². The molecule has 0 N–H and O–H groups in total. The van der Waals surface area contributed by atoms with Gasteiger partial charge in [0.2, 0.25) is 0 Å². The normalized spacial score (nSPS) is 13.4. The van der Waals surface area contributed by atoms with Crippen LogP contribution in [0.15, 0.2) is 122 Å². The van der Waals surface area contributed by atoms with Crippen LogP contribution in [-0.2, 0) is 23.8 Å². The Morgan fingerprint density at radius 3 is 1.31 bits per heavy atom. The quantitative estimate of drug-likeness (QED) is 0.0351. The van der Waals surface area contributed by atoms with Gasteiger partial charge >= 0.3 is 11.9 Å². The van der Waals surface area contributed by atoms with Gasteiger partial charge in [-0.05, 0) is 109 Å². The Morgan fingerprint density at radius 2 is 0.793 bits per heavy atom. The fourth-order valence-electron chi connectivity index (χ4n) is 5.59. The Balaban J connectivity index is 4.47. The van der Waals surface area contributed by atoms with Crippen LogP contribution in [0.3, 0.4) is 0 Å². The Morgan fingerprint density at radius 1 is 0.397 bits per heavy atom. The molecule has 0 rings (SSSR count). The third kappa shape index (κ3) is 45.0. The van der Waals surface area contributed by atoms with Crippen molar-refractivity contribution < 1.29 is 23.8 Å². The van der Waals surface area contributed by atoms with Crippen LogP contribution in [0, 0.1) is 0 Å². The van der Waals surface area contributed by atoms with Crippen LogP contribution in [0.4, 0.5) is 0 Å². The Labute approximate surface area is 356 Å². The van der Waals surface area contributed by atoms with Crippen molar-refractivity contribution >= 4 is 11.9 Å². The van der Waals surface area contributed by atoms with Crippen molar-refractivity contribution in [3.63, 3.8) is 0 Å². The van der Waals surface area contributed by atoms with Gasteiger partial charge in [0.1, 0.15) is 6.61 Å².